The third kappa shape index (κ3) is 2.96. The molecule has 2 aliphatic rings. The number of benzene rings is 1. The second-order valence-electron chi connectivity index (χ2n) is 6.33. The van der Waals surface area contributed by atoms with Gasteiger partial charge in [0, 0.05) is 6.54 Å². The van der Waals surface area contributed by atoms with E-state index in [2.05, 4.69) is 5.32 Å². The molecule has 0 radical (unpaired) electrons. The summed E-state index contributed by atoms with van der Waals surface area (Å²) in [6, 6.07) is 8.64. The summed E-state index contributed by atoms with van der Waals surface area (Å²) in [7, 11) is 0. The molecule has 6 heteroatoms. The third-order valence-electron chi connectivity index (χ3n) is 4.74. The minimum atomic E-state index is -1.02. The Kier molecular flexibility index (Phi) is 4.37. The quantitative estimate of drug-likeness (QED) is 0.765. The zero-order valence-corrected chi connectivity index (χ0v) is 13.2. The van der Waals surface area contributed by atoms with Gasteiger partial charge in [0.15, 0.2) is 6.04 Å². The van der Waals surface area contributed by atoms with Gasteiger partial charge in [-0.05, 0) is 31.9 Å². The molecule has 3 rings (SSSR count). The van der Waals surface area contributed by atoms with Gasteiger partial charge < -0.3 is 20.1 Å². The van der Waals surface area contributed by atoms with Crippen LogP contribution in [-0.4, -0.2) is 52.7 Å². The van der Waals surface area contributed by atoms with E-state index in [1.54, 1.807) is 6.92 Å². The van der Waals surface area contributed by atoms with Crippen molar-refractivity contribution < 1.29 is 19.4 Å². The predicted molar refractivity (Wildman–Crippen MR) is 83.8 cm³/mol. The maximum atomic E-state index is 12.5. The fourth-order valence-corrected chi connectivity index (χ4v) is 3.44. The maximum Gasteiger partial charge on any atom is 0.329 e. The van der Waals surface area contributed by atoms with Gasteiger partial charge in [0.1, 0.15) is 5.54 Å². The number of nitrogens with zero attached hydrogens (tertiary/aromatic N) is 1. The monoisotopic (exact) mass is 318 g/mol. The molecule has 0 saturated carbocycles. The standard InChI is InChI=1S/C17H22N2O4/c1-12(23-10-13-6-3-2-4-7-13)14(15(20)21)19-11-17(16(19)22)8-5-9-18-17/h2-4,6-7,12,14,18H,5,8-11H2,1H3,(H,20,21)/t12?,14?,17-/m1/s1. The molecule has 2 saturated heterocycles. The van der Waals surface area contributed by atoms with Gasteiger partial charge in [-0.1, -0.05) is 30.3 Å². The summed E-state index contributed by atoms with van der Waals surface area (Å²) in [4.78, 5) is 25.5. The van der Waals surface area contributed by atoms with Crippen LogP contribution in [-0.2, 0) is 20.9 Å². The van der Waals surface area contributed by atoms with Crippen LogP contribution in [0.15, 0.2) is 30.3 Å². The van der Waals surface area contributed by atoms with E-state index >= 15 is 0 Å². The Morgan fingerprint density at radius 1 is 1.43 bits per heavy atom. The molecule has 0 bridgehead atoms. The highest BCUT2D eigenvalue weighted by molar-refractivity contribution is 5.96. The van der Waals surface area contributed by atoms with E-state index in [0.29, 0.717) is 13.2 Å². The van der Waals surface area contributed by atoms with E-state index in [9.17, 15) is 14.7 Å². The summed E-state index contributed by atoms with van der Waals surface area (Å²) in [5.74, 6) is -1.13. The summed E-state index contributed by atoms with van der Waals surface area (Å²) in [6.45, 7) is 3.30. The van der Waals surface area contributed by atoms with Crippen molar-refractivity contribution in [2.45, 2.75) is 44.1 Å². The van der Waals surface area contributed by atoms with Crippen LogP contribution in [0.5, 0.6) is 0 Å². The first-order chi connectivity index (χ1) is 11.0. The summed E-state index contributed by atoms with van der Waals surface area (Å²) >= 11 is 0. The number of ether oxygens (including phenoxy) is 1. The van der Waals surface area contributed by atoms with E-state index in [-0.39, 0.29) is 5.91 Å². The second kappa shape index (κ2) is 6.29. The van der Waals surface area contributed by atoms with Crippen molar-refractivity contribution in [2.24, 2.45) is 0 Å². The van der Waals surface area contributed by atoms with Gasteiger partial charge in [-0.25, -0.2) is 4.79 Å². The van der Waals surface area contributed by atoms with Crippen molar-refractivity contribution in [3.8, 4) is 0 Å². The van der Waals surface area contributed by atoms with Gasteiger partial charge in [-0.15, -0.1) is 0 Å². The lowest BCUT2D eigenvalue weighted by atomic mass is 9.85. The van der Waals surface area contributed by atoms with Crippen LogP contribution in [0.2, 0.25) is 0 Å². The highest BCUT2D eigenvalue weighted by Gasteiger charge is 2.57. The Bertz CT molecular complexity index is 584. The number of rotatable bonds is 6. The number of nitrogens with one attached hydrogen (secondary N) is 1. The van der Waals surface area contributed by atoms with E-state index in [1.165, 1.54) is 4.90 Å². The average Bonchev–Trinajstić information content (AvgIpc) is 3.04. The van der Waals surface area contributed by atoms with Crippen LogP contribution in [0, 0.1) is 0 Å². The zero-order valence-electron chi connectivity index (χ0n) is 13.2. The molecule has 3 atom stereocenters. The topological polar surface area (TPSA) is 78.9 Å². The molecule has 2 heterocycles. The van der Waals surface area contributed by atoms with Crippen LogP contribution < -0.4 is 5.32 Å². The number of hydrogen-bond donors (Lipinski definition) is 2. The number of carboxylic acids is 1. The highest BCUT2D eigenvalue weighted by atomic mass is 16.5. The van der Waals surface area contributed by atoms with E-state index in [4.69, 9.17) is 4.74 Å². The first-order valence-electron chi connectivity index (χ1n) is 7.98. The minimum Gasteiger partial charge on any atom is -0.480 e. The number of amides is 1. The summed E-state index contributed by atoms with van der Waals surface area (Å²) < 4.78 is 5.71. The minimum absolute atomic E-state index is 0.113. The van der Waals surface area contributed by atoms with Crippen molar-refractivity contribution in [3.05, 3.63) is 35.9 Å². The largest absolute Gasteiger partial charge is 0.480 e. The first kappa shape index (κ1) is 16.0. The summed E-state index contributed by atoms with van der Waals surface area (Å²) in [5.41, 5.74) is 0.458. The lowest BCUT2D eigenvalue weighted by Crippen LogP contribution is -2.75. The third-order valence-corrected chi connectivity index (χ3v) is 4.74. The molecule has 1 amide bonds. The Labute approximate surface area is 135 Å². The van der Waals surface area contributed by atoms with Gasteiger partial charge in [0.05, 0.1) is 12.7 Å². The van der Waals surface area contributed by atoms with E-state index < -0.39 is 23.7 Å². The Morgan fingerprint density at radius 2 is 2.17 bits per heavy atom. The number of hydrogen-bond acceptors (Lipinski definition) is 4. The molecular weight excluding hydrogens is 296 g/mol. The summed E-state index contributed by atoms with van der Waals surface area (Å²) in [6.07, 6.45) is 1.17. The molecule has 0 aromatic heterocycles. The average molecular weight is 318 g/mol. The molecule has 0 aliphatic carbocycles. The number of carboxylic acid groups (broad SMARTS) is 1. The molecule has 1 spiro atoms. The van der Waals surface area contributed by atoms with E-state index in [0.717, 1.165) is 24.9 Å². The number of carbonyl (C=O) groups excluding carboxylic acids is 1. The summed E-state index contributed by atoms with van der Waals surface area (Å²) in [5, 5.41) is 12.7. The molecule has 2 unspecified atom stereocenters. The predicted octanol–water partition coefficient (Wildman–Crippen LogP) is 1.01. The van der Waals surface area contributed by atoms with Crippen molar-refractivity contribution >= 4 is 11.9 Å². The highest BCUT2D eigenvalue weighted by Crippen LogP contribution is 2.34. The van der Waals surface area contributed by atoms with Crippen molar-refractivity contribution in [1.82, 2.24) is 10.2 Å². The number of β-lactam (4-membered cyclic amide) rings is 1. The lowest BCUT2D eigenvalue weighted by Gasteiger charge is -2.50. The molecule has 1 aromatic carbocycles. The van der Waals surface area contributed by atoms with Gasteiger partial charge in [0.25, 0.3) is 0 Å². The molecule has 2 aliphatic heterocycles. The van der Waals surface area contributed by atoms with Gasteiger partial charge >= 0.3 is 5.97 Å². The SMILES string of the molecule is CC(OCc1ccccc1)C(C(=O)O)N1C[C@]2(CCCN2)C1=O. The van der Waals surface area contributed by atoms with Crippen LogP contribution in [0.1, 0.15) is 25.3 Å². The molecule has 6 nitrogen and oxygen atoms in total. The van der Waals surface area contributed by atoms with Crippen molar-refractivity contribution in [3.63, 3.8) is 0 Å². The Morgan fingerprint density at radius 3 is 2.74 bits per heavy atom. The lowest BCUT2D eigenvalue weighted by molar-refractivity contribution is -0.172. The first-order valence-corrected chi connectivity index (χ1v) is 7.98. The normalized spacial score (nSPS) is 26.1. The fraction of sp³-hybridized carbons (Fsp3) is 0.529. The second-order valence-corrected chi connectivity index (χ2v) is 6.33. The molecule has 2 fully saturated rings. The van der Waals surface area contributed by atoms with Crippen molar-refractivity contribution in [2.75, 3.05) is 13.1 Å². The molecular formula is C17H22N2O4. The van der Waals surface area contributed by atoms with Crippen LogP contribution in [0.3, 0.4) is 0 Å². The molecule has 2 N–H and O–H groups in total. The van der Waals surface area contributed by atoms with Gasteiger partial charge in [-0.3, -0.25) is 4.79 Å². The Balaban J connectivity index is 1.63. The number of carbonyl (C=O) groups is 2. The van der Waals surface area contributed by atoms with Crippen LogP contribution >= 0.6 is 0 Å². The molecule has 1 aromatic rings. The van der Waals surface area contributed by atoms with Gasteiger partial charge in [-0.2, -0.15) is 0 Å². The number of likely N-dealkylation sites (tertiary alicyclic amines) is 1. The molecule has 23 heavy (non-hydrogen) atoms. The van der Waals surface area contributed by atoms with E-state index in [1.807, 2.05) is 30.3 Å². The molecule has 124 valence electrons. The smallest absolute Gasteiger partial charge is 0.329 e. The Hall–Kier alpha value is -1.92. The maximum absolute atomic E-state index is 12.5. The van der Waals surface area contributed by atoms with Crippen LogP contribution in [0.25, 0.3) is 0 Å². The van der Waals surface area contributed by atoms with Crippen molar-refractivity contribution in [1.29, 1.82) is 0 Å². The number of aliphatic carboxylic acids is 1. The zero-order chi connectivity index (χ0) is 16.4. The van der Waals surface area contributed by atoms with Crippen LogP contribution in [0.4, 0.5) is 0 Å². The fourth-order valence-electron chi connectivity index (χ4n) is 3.44. The van der Waals surface area contributed by atoms with Gasteiger partial charge in [0.2, 0.25) is 5.91 Å².